The van der Waals surface area contributed by atoms with E-state index in [4.69, 9.17) is 13.9 Å². The van der Waals surface area contributed by atoms with Gasteiger partial charge in [-0.3, -0.25) is 0 Å². The Morgan fingerprint density at radius 3 is 1.89 bits per heavy atom. The predicted octanol–water partition coefficient (Wildman–Crippen LogP) is 4.22. The van der Waals surface area contributed by atoms with Crippen molar-refractivity contribution < 1.29 is 36.7 Å². The van der Waals surface area contributed by atoms with E-state index < -0.39 is 44.2 Å². The van der Waals surface area contributed by atoms with E-state index in [0.717, 1.165) is 0 Å². The second kappa shape index (κ2) is 8.01. The summed E-state index contributed by atoms with van der Waals surface area (Å²) in [6.45, 7) is 8.06. The van der Waals surface area contributed by atoms with Gasteiger partial charge in [-0.2, -0.15) is 13.2 Å². The fourth-order valence-corrected chi connectivity index (χ4v) is 3.29. The van der Waals surface area contributed by atoms with Gasteiger partial charge < -0.3 is 13.9 Å². The van der Waals surface area contributed by atoms with Gasteiger partial charge in [-0.15, -0.1) is 0 Å². The van der Waals surface area contributed by atoms with E-state index in [1.54, 1.807) is 30.3 Å². The molecule has 5 nitrogen and oxygen atoms in total. The van der Waals surface area contributed by atoms with Crippen LogP contribution in [0.3, 0.4) is 0 Å². The maximum Gasteiger partial charge on any atom is 0.438 e. The minimum absolute atomic E-state index is 0.435. The van der Waals surface area contributed by atoms with Crippen LogP contribution in [0.25, 0.3) is 0 Å². The van der Waals surface area contributed by atoms with Gasteiger partial charge in [0.1, 0.15) is 12.2 Å². The minimum atomic E-state index is -5.36. The van der Waals surface area contributed by atoms with E-state index in [1.165, 1.54) is 40.4 Å². The number of halogens is 3. The van der Waals surface area contributed by atoms with Crippen molar-refractivity contribution in [2.24, 2.45) is 0 Å². The summed E-state index contributed by atoms with van der Waals surface area (Å²) in [6.07, 6.45) is -5.36. The van der Waals surface area contributed by atoms with Crippen molar-refractivity contribution in [2.45, 2.75) is 64.4 Å². The molecule has 1 atom stereocenters. The molecule has 0 bridgehead atoms. The molecular weight excluding hydrogens is 381 g/mol. The Labute approximate surface area is 157 Å². The molecule has 1 aromatic carbocycles. The number of rotatable bonds is 6. The summed E-state index contributed by atoms with van der Waals surface area (Å²) in [6, 6.07) is 8.16. The van der Waals surface area contributed by atoms with E-state index in [9.17, 15) is 22.8 Å². The van der Waals surface area contributed by atoms with Crippen molar-refractivity contribution >= 4 is 20.3 Å². The lowest BCUT2D eigenvalue weighted by Crippen LogP contribution is -2.65. The van der Waals surface area contributed by atoms with E-state index in [2.05, 4.69) is 0 Å². The van der Waals surface area contributed by atoms with Crippen LogP contribution in [-0.4, -0.2) is 37.6 Å². The Kier molecular flexibility index (Phi) is 6.88. The number of esters is 2. The molecule has 0 aliphatic heterocycles. The molecule has 0 radical (unpaired) electrons. The van der Waals surface area contributed by atoms with Crippen LogP contribution in [0, 0.1) is 0 Å². The highest BCUT2D eigenvalue weighted by atomic mass is 28.4. The zero-order valence-electron chi connectivity index (χ0n) is 16.3. The zero-order chi connectivity index (χ0) is 21.1. The van der Waals surface area contributed by atoms with Gasteiger partial charge in [0.2, 0.25) is 0 Å². The Hall–Kier alpha value is -1.87. The highest BCUT2D eigenvalue weighted by Gasteiger charge is 2.71. The highest BCUT2D eigenvalue weighted by molar-refractivity contribution is 6.70. The van der Waals surface area contributed by atoms with Crippen molar-refractivity contribution in [3.63, 3.8) is 0 Å². The molecule has 27 heavy (non-hydrogen) atoms. The fraction of sp³-hybridized carbons (Fsp3) is 0.556. The predicted molar refractivity (Wildman–Crippen MR) is 95.3 cm³/mol. The summed E-state index contributed by atoms with van der Waals surface area (Å²) in [5, 5.41) is 0. The topological polar surface area (TPSA) is 61.8 Å². The molecule has 152 valence electrons. The molecule has 0 heterocycles. The monoisotopic (exact) mass is 406 g/mol. The molecule has 0 N–H and O–H groups in total. The molecule has 0 fully saturated rings. The van der Waals surface area contributed by atoms with Crippen LogP contribution in [0.2, 0.25) is 19.6 Å². The Balaban J connectivity index is 3.31. The van der Waals surface area contributed by atoms with Gasteiger partial charge in [-0.1, -0.05) is 30.3 Å². The molecule has 0 saturated carbocycles. The standard InChI is InChI=1S/C18H25F3O5Si/c1-16(2,3)25-15(23)17(18(19,20)21,26-27(4,5)6)14(22)24-12-13-10-8-7-9-11-13/h7-11H,12H2,1-6H3. The number of ether oxygens (including phenoxy) is 2. The van der Waals surface area contributed by atoms with Gasteiger partial charge in [-0.05, 0) is 46.0 Å². The SMILES string of the molecule is CC(C)(C)OC(=O)C(O[Si](C)(C)C)(C(=O)OCc1ccccc1)C(F)(F)F. The third-order valence-electron chi connectivity index (χ3n) is 3.05. The van der Waals surface area contributed by atoms with Gasteiger partial charge in [0, 0.05) is 0 Å². The lowest BCUT2D eigenvalue weighted by Gasteiger charge is -2.37. The maximum atomic E-state index is 14.0. The van der Waals surface area contributed by atoms with Crippen LogP contribution < -0.4 is 0 Å². The van der Waals surface area contributed by atoms with Crippen LogP contribution in [0.15, 0.2) is 30.3 Å². The molecule has 1 aromatic rings. The van der Waals surface area contributed by atoms with Crippen LogP contribution >= 0.6 is 0 Å². The van der Waals surface area contributed by atoms with Crippen LogP contribution in [0.1, 0.15) is 26.3 Å². The number of benzene rings is 1. The summed E-state index contributed by atoms with van der Waals surface area (Å²) in [7, 11) is -3.03. The number of hydrogen-bond acceptors (Lipinski definition) is 5. The van der Waals surface area contributed by atoms with Gasteiger partial charge in [0.05, 0.1) is 0 Å². The number of carbonyl (C=O) groups excluding carboxylic acids is 2. The lowest BCUT2D eigenvalue weighted by molar-refractivity contribution is -0.262. The minimum Gasteiger partial charge on any atom is -0.458 e. The average molecular weight is 406 g/mol. The first kappa shape index (κ1) is 23.2. The van der Waals surface area contributed by atoms with E-state index in [1.807, 2.05) is 0 Å². The molecule has 0 saturated heterocycles. The summed E-state index contributed by atoms with van der Waals surface area (Å²) in [5.74, 6) is -3.67. The summed E-state index contributed by atoms with van der Waals surface area (Å²) in [5.41, 5.74) is -4.62. The van der Waals surface area contributed by atoms with Crippen LogP contribution in [0.5, 0.6) is 0 Å². The van der Waals surface area contributed by atoms with E-state index >= 15 is 0 Å². The maximum absolute atomic E-state index is 14.0. The smallest absolute Gasteiger partial charge is 0.438 e. The summed E-state index contributed by atoms with van der Waals surface area (Å²) >= 11 is 0. The molecule has 0 aliphatic rings. The van der Waals surface area contributed by atoms with Gasteiger partial charge >= 0.3 is 23.7 Å². The van der Waals surface area contributed by atoms with Crippen molar-refractivity contribution in [1.82, 2.24) is 0 Å². The lowest BCUT2D eigenvalue weighted by atomic mass is 10.0. The van der Waals surface area contributed by atoms with Crippen molar-refractivity contribution in [3.8, 4) is 0 Å². The number of alkyl halides is 3. The Bertz CT molecular complexity index is 662. The molecule has 0 aliphatic carbocycles. The van der Waals surface area contributed by atoms with Crippen LogP contribution in [-0.2, 0) is 30.1 Å². The molecule has 1 rings (SSSR count). The average Bonchev–Trinajstić information content (AvgIpc) is 2.47. The summed E-state index contributed by atoms with van der Waals surface area (Å²) in [4.78, 5) is 25.1. The normalized spacial score (nSPS) is 15.0. The molecule has 9 heteroatoms. The fourth-order valence-electron chi connectivity index (χ4n) is 2.09. The summed E-state index contributed by atoms with van der Waals surface area (Å²) < 4.78 is 56.8. The molecular formula is C18H25F3O5Si. The quantitative estimate of drug-likeness (QED) is 0.402. The van der Waals surface area contributed by atoms with Gasteiger partial charge in [0.25, 0.3) is 0 Å². The molecule has 0 aromatic heterocycles. The highest BCUT2D eigenvalue weighted by Crippen LogP contribution is 2.39. The van der Waals surface area contributed by atoms with Crippen molar-refractivity contribution in [1.29, 1.82) is 0 Å². The van der Waals surface area contributed by atoms with E-state index in [0.29, 0.717) is 5.56 Å². The van der Waals surface area contributed by atoms with Crippen LogP contribution in [0.4, 0.5) is 13.2 Å². The van der Waals surface area contributed by atoms with Crippen molar-refractivity contribution in [3.05, 3.63) is 35.9 Å². The molecule has 1 unspecified atom stereocenters. The van der Waals surface area contributed by atoms with Crippen molar-refractivity contribution in [2.75, 3.05) is 0 Å². The second-order valence-electron chi connectivity index (χ2n) is 7.96. The molecule has 0 amide bonds. The van der Waals surface area contributed by atoms with Gasteiger partial charge in [0.15, 0.2) is 8.32 Å². The molecule has 0 spiro atoms. The first-order valence-corrected chi connectivity index (χ1v) is 11.7. The zero-order valence-corrected chi connectivity index (χ0v) is 17.3. The second-order valence-corrected chi connectivity index (χ2v) is 12.4. The Morgan fingerprint density at radius 2 is 1.48 bits per heavy atom. The Morgan fingerprint density at radius 1 is 0.963 bits per heavy atom. The largest absolute Gasteiger partial charge is 0.458 e. The third-order valence-corrected chi connectivity index (χ3v) is 3.96. The first-order valence-electron chi connectivity index (χ1n) is 8.30. The van der Waals surface area contributed by atoms with E-state index in [-0.39, 0.29) is 0 Å². The number of hydrogen-bond donors (Lipinski definition) is 0. The van der Waals surface area contributed by atoms with Gasteiger partial charge in [-0.25, -0.2) is 9.59 Å². The number of carbonyl (C=O) groups is 2. The third kappa shape index (κ3) is 6.35. The first-order chi connectivity index (χ1) is 12.1.